The van der Waals surface area contributed by atoms with Gasteiger partial charge >= 0.3 is 0 Å². The lowest BCUT2D eigenvalue weighted by Gasteiger charge is -2.26. The van der Waals surface area contributed by atoms with Crippen LogP contribution in [0.1, 0.15) is 24.2 Å². The number of amides is 1. The molecule has 0 aliphatic heterocycles. The highest BCUT2D eigenvalue weighted by Crippen LogP contribution is 2.16. The monoisotopic (exact) mass is 288 g/mol. The highest BCUT2D eigenvalue weighted by molar-refractivity contribution is 5.78. The topological polar surface area (TPSA) is 62.5 Å². The van der Waals surface area contributed by atoms with Gasteiger partial charge in [0, 0.05) is 32.1 Å². The van der Waals surface area contributed by atoms with Crippen LogP contribution in [-0.2, 0) is 11.3 Å². The summed E-state index contributed by atoms with van der Waals surface area (Å²) in [5, 5.41) is 3.88. The minimum absolute atomic E-state index is 0.0388. The van der Waals surface area contributed by atoms with Crippen molar-refractivity contribution in [2.45, 2.75) is 19.5 Å². The Morgan fingerprint density at radius 3 is 2.81 bits per heavy atom. The van der Waals surface area contributed by atoms with Gasteiger partial charge in [0.15, 0.2) is 0 Å². The Morgan fingerprint density at radius 1 is 1.38 bits per heavy atom. The molecule has 0 aliphatic carbocycles. The molecule has 6 heteroatoms. The number of rotatable bonds is 6. The van der Waals surface area contributed by atoms with Crippen LogP contribution in [0.5, 0.6) is 0 Å². The number of carbonyl (C=O) groups is 1. The smallest absolute Gasteiger partial charge is 0.237 e. The van der Waals surface area contributed by atoms with Crippen molar-refractivity contribution in [1.29, 1.82) is 0 Å². The van der Waals surface area contributed by atoms with Gasteiger partial charge in [-0.3, -0.25) is 14.7 Å². The molecule has 0 N–H and O–H groups in total. The van der Waals surface area contributed by atoms with E-state index in [9.17, 15) is 4.79 Å². The molecule has 0 saturated heterocycles. The molecule has 0 unspecified atom stereocenters. The number of likely N-dealkylation sites (N-methyl/N-ethyl adjacent to an activating group) is 2. The molecule has 2 rings (SSSR count). The second-order valence-corrected chi connectivity index (χ2v) is 5.14. The Labute approximate surface area is 124 Å². The minimum atomic E-state index is -0.108. The molecule has 2 heterocycles. The van der Waals surface area contributed by atoms with Crippen LogP contribution in [0, 0.1) is 0 Å². The summed E-state index contributed by atoms with van der Waals surface area (Å²) in [4.78, 5) is 20.0. The molecule has 0 saturated carbocycles. The summed E-state index contributed by atoms with van der Waals surface area (Å²) >= 11 is 0. The lowest BCUT2D eigenvalue weighted by atomic mass is 10.2. The maximum Gasteiger partial charge on any atom is 0.237 e. The van der Waals surface area contributed by atoms with Crippen LogP contribution < -0.4 is 0 Å². The van der Waals surface area contributed by atoms with E-state index in [1.807, 2.05) is 37.2 Å². The van der Waals surface area contributed by atoms with E-state index in [0.717, 1.165) is 11.3 Å². The van der Waals surface area contributed by atoms with E-state index in [4.69, 9.17) is 4.52 Å². The van der Waals surface area contributed by atoms with E-state index in [-0.39, 0.29) is 11.9 Å². The summed E-state index contributed by atoms with van der Waals surface area (Å²) in [6.45, 7) is 2.95. The van der Waals surface area contributed by atoms with Crippen LogP contribution >= 0.6 is 0 Å². The van der Waals surface area contributed by atoms with Gasteiger partial charge in [-0.25, -0.2) is 0 Å². The Hall–Kier alpha value is -2.21. The minimum Gasteiger partial charge on any atom is -0.364 e. The number of carbonyl (C=O) groups excluding carboxylic acids is 1. The Bertz CT molecular complexity index is 556. The van der Waals surface area contributed by atoms with Gasteiger partial charge in [0.05, 0.1) is 12.6 Å². The van der Waals surface area contributed by atoms with Crippen molar-refractivity contribution >= 4 is 5.91 Å². The quantitative estimate of drug-likeness (QED) is 0.810. The van der Waals surface area contributed by atoms with E-state index in [1.165, 1.54) is 6.26 Å². The van der Waals surface area contributed by atoms with Crippen molar-refractivity contribution in [2.75, 3.05) is 20.6 Å². The fourth-order valence-corrected chi connectivity index (χ4v) is 2.05. The molecule has 6 nitrogen and oxygen atoms in total. The van der Waals surface area contributed by atoms with Gasteiger partial charge in [0.2, 0.25) is 5.91 Å². The highest BCUT2D eigenvalue weighted by Gasteiger charge is 2.20. The van der Waals surface area contributed by atoms with Crippen molar-refractivity contribution in [2.24, 2.45) is 0 Å². The van der Waals surface area contributed by atoms with E-state index >= 15 is 0 Å². The molecule has 21 heavy (non-hydrogen) atoms. The molecule has 0 spiro atoms. The van der Waals surface area contributed by atoms with Crippen LogP contribution in [0.15, 0.2) is 41.4 Å². The lowest BCUT2D eigenvalue weighted by molar-refractivity contribution is -0.132. The van der Waals surface area contributed by atoms with Gasteiger partial charge < -0.3 is 9.42 Å². The van der Waals surface area contributed by atoms with E-state index in [1.54, 1.807) is 24.2 Å². The maximum atomic E-state index is 12.3. The molecule has 0 bridgehead atoms. The normalized spacial score (nSPS) is 12.4. The number of hydrogen-bond donors (Lipinski definition) is 0. The van der Waals surface area contributed by atoms with Crippen molar-refractivity contribution in [3.63, 3.8) is 0 Å². The summed E-state index contributed by atoms with van der Waals surface area (Å²) in [6.07, 6.45) is 5.06. The van der Waals surface area contributed by atoms with Gasteiger partial charge in [-0.05, 0) is 25.6 Å². The van der Waals surface area contributed by atoms with Crippen LogP contribution in [0.4, 0.5) is 0 Å². The fourth-order valence-electron chi connectivity index (χ4n) is 2.05. The second-order valence-electron chi connectivity index (χ2n) is 5.14. The van der Waals surface area contributed by atoms with Gasteiger partial charge in [0.1, 0.15) is 12.0 Å². The zero-order valence-corrected chi connectivity index (χ0v) is 12.6. The fraction of sp³-hybridized carbons (Fsp3) is 0.400. The average Bonchev–Trinajstić information content (AvgIpc) is 3.00. The molecular formula is C15H20N4O2. The first kappa shape index (κ1) is 15.2. The molecular weight excluding hydrogens is 268 g/mol. The highest BCUT2D eigenvalue weighted by atomic mass is 16.5. The average molecular weight is 288 g/mol. The number of aromatic nitrogens is 2. The summed E-state index contributed by atoms with van der Waals surface area (Å²) in [7, 11) is 3.69. The third-order valence-electron chi connectivity index (χ3n) is 3.44. The molecule has 1 amide bonds. The van der Waals surface area contributed by atoms with Crippen molar-refractivity contribution in [3.8, 4) is 0 Å². The first-order valence-electron chi connectivity index (χ1n) is 6.81. The van der Waals surface area contributed by atoms with Crippen LogP contribution in [0.2, 0.25) is 0 Å². The van der Waals surface area contributed by atoms with E-state index in [0.29, 0.717) is 13.1 Å². The Balaban J connectivity index is 1.88. The summed E-state index contributed by atoms with van der Waals surface area (Å²) in [5.74, 6) is 0.0388. The van der Waals surface area contributed by atoms with Crippen LogP contribution in [0.3, 0.4) is 0 Å². The second kappa shape index (κ2) is 6.99. The Kier molecular flexibility index (Phi) is 5.05. The predicted octanol–water partition coefficient (Wildman–Crippen LogP) is 1.72. The van der Waals surface area contributed by atoms with Gasteiger partial charge in [-0.2, -0.15) is 0 Å². The molecule has 0 radical (unpaired) electrons. The van der Waals surface area contributed by atoms with Crippen molar-refractivity contribution in [3.05, 3.63) is 48.1 Å². The Morgan fingerprint density at radius 2 is 2.19 bits per heavy atom. The molecule has 2 aromatic rings. The summed E-state index contributed by atoms with van der Waals surface area (Å²) in [5.41, 5.74) is 1.83. The standard InChI is InChI=1S/C15H20N4O2/c1-12(14-6-8-21-17-14)19(3)15(20)11-18(2)10-13-5-4-7-16-9-13/h4-9,12H,10-11H2,1-3H3/t12-/m0/s1. The molecule has 0 aromatic carbocycles. The first-order valence-corrected chi connectivity index (χ1v) is 6.81. The largest absolute Gasteiger partial charge is 0.364 e. The van der Waals surface area contributed by atoms with Crippen LogP contribution in [0.25, 0.3) is 0 Å². The van der Waals surface area contributed by atoms with Gasteiger partial charge in [-0.1, -0.05) is 11.2 Å². The molecule has 1 atom stereocenters. The first-order chi connectivity index (χ1) is 10.1. The van der Waals surface area contributed by atoms with Crippen molar-refractivity contribution in [1.82, 2.24) is 19.9 Å². The maximum absolute atomic E-state index is 12.3. The zero-order chi connectivity index (χ0) is 15.2. The predicted molar refractivity (Wildman–Crippen MR) is 78.3 cm³/mol. The van der Waals surface area contributed by atoms with Gasteiger partial charge in [-0.15, -0.1) is 0 Å². The number of pyridine rings is 1. The molecule has 0 fully saturated rings. The van der Waals surface area contributed by atoms with E-state index < -0.39 is 0 Å². The van der Waals surface area contributed by atoms with E-state index in [2.05, 4.69) is 10.1 Å². The zero-order valence-electron chi connectivity index (χ0n) is 12.6. The van der Waals surface area contributed by atoms with Crippen LogP contribution in [-0.4, -0.2) is 46.5 Å². The van der Waals surface area contributed by atoms with Crippen molar-refractivity contribution < 1.29 is 9.32 Å². The molecule has 0 aliphatic rings. The summed E-state index contributed by atoms with van der Waals surface area (Å²) < 4.78 is 4.82. The SMILES string of the molecule is C[C@@H](c1ccon1)N(C)C(=O)CN(C)Cc1cccnc1. The third-order valence-corrected chi connectivity index (χ3v) is 3.44. The molecule has 112 valence electrons. The third kappa shape index (κ3) is 4.13. The number of hydrogen-bond acceptors (Lipinski definition) is 5. The number of nitrogens with zero attached hydrogens (tertiary/aromatic N) is 4. The van der Waals surface area contributed by atoms with Gasteiger partial charge in [0.25, 0.3) is 0 Å². The lowest BCUT2D eigenvalue weighted by Crippen LogP contribution is -2.37. The molecule has 2 aromatic heterocycles. The summed E-state index contributed by atoms with van der Waals surface area (Å²) in [6, 6.07) is 5.55.